The zero-order valence-corrected chi connectivity index (χ0v) is 12.0. The first kappa shape index (κ1) is 13.0. The summed E-state index contributed by atoms with van der Waals surface area (Å²) in [6.07, 6.45) is 0. The van der Waals surface area contributed by atoms with E-state index < -0.39 is 0 Å². The molecule has 2 aromatic rings. The van der Waals surface area contributed by atoms with E-state index in [0.29, 0.717) is 12.2 Å². The maximum atomic E-state index is 11.0. The molecular formula is C12H11BrN2O2S. The van der Waals surface area contributed by atoms with Crippen molar-refractivity contribution in [3.63, 3.8) is 0 Å². The van der Waals surface area contributed by atoms with Gasteiger partial charge in [-0.25, -0.2) is 0 Å². The van der Waals surface area contributed by atoms with Crippen LogP contribution in [0, 0.1) is 17.0 Å². The number of hydrogen-bond donors (Lipinski definition) is 1. The van der Waals surface area contributed by atoms with E-state index in [-0.39, 0.29) is 10.6 Å². The van der Waals surface area contributed by atoms with Crippen LogP contribution in [0.3, 0.4) is 0 Å². The largest absolute Gasteiger partial charge is 0.375 e. The molecule has 18 heavy (non-hydrogen) atoms. The van der Waals surface area contributed by atoms with Crippen molar-refractivity contribution >= 4 is 38.6 Å². The summed E-state index contributed by atoms with van der Waals surface area (Å²) in [5.41, 5.74) is 1.54. The zero-order chi connectivity index (χ0) is 13.1. The molecule has 4 nitrogen and oxygen atoms in total. The predicted octanol–water partition coefficient (Wildman–Crippen LogP) is 4.34. The van der Waals surface area contributed by atoms with Crippen LogP contribution in [0.1, 0.15) is 10.4 Å². The highest BCUT2D eigenvalue weighted by atomic mass is 79.9. The Morgan fingerprint density at radius 3 is 2.83 bits per heavy atom. The van der Waals surface area contributed by atoms with Gasteiger partial charge in [0.15, 0.2) is 0 Å². The lowest BCUT2D eigenvalue weighted by Gasteiger charge is -2.07. The highest BCUT2D eigenvalue weighted by Crippen LogP contribution is 2.28. The van der Waals surface area contributed by atoms with Crippen LogP contribution in [0.5, 0.6) is 0 Å². The molecule has 0 saturated carbocycles. The maximum Gasteiger partial charge on any atom is 0.292 e. The summed E-state index contributed by atoms with van der Waals surface area (Å²) in [6, 6.07) is 7.14. The number of nitro groups is 1. The van der Waals surface area contributed by atoms with Crippen molar-refractivity contribution in [3.05, 3.63) is 54.7 Å². The fourth-order valence-corrected chi connectivity index (χ4v) is 3.00. The molecule has 0 radical (unpaired) electrons. The molecule has 0 aliphatic rings. The summed E-state index contributed by atoms with van der Waals surface area (Å²) in [5.74, 6) is 0. The van der Waals surface area contributed by atoms with Crippen LogP contribution in [0.4, 0.5) is 11.4 Å². The lowest BCUT2D eigenvalue weighted by molar-refractivity contribution is -0.384. The third kappa shape index (κ3) is 2.88. The lowest BCUT2D eigenvalue weighted by atomic mass is 10.2. The normalized spacial score (nSPS) is 10.3. The second-order valence-corrected chi connectivity index (χ2v) is 5.68. The van der Waals surface area contributed by atoms with Crippen LogP contribution < -0.4 is 5.32 Å². The molecule has 0 bridgehead atoms. The van der Waals surface area contributed by atoms with E-state index in [1.807, 2.05) is 24.4 Å². The van der Waals surface area contributed by atoms with Gasteiger partial charge in [0.2, 0.25) is 0 Å². The number of nitrogens with zero attached hydrogens (tertiary/aromatic N) is 1. The number of anilines is 1. The lowest BCUT2D eigenvalue weighted by Crippen LogP contribution is -2.02. The second kappa shape index (κ2) is 5.49. The number of rotatable bonds is 4. The van der Waals surface area contributed by atoms with Gasteiger partial charge in [-0.1, -0.05) is 6.07 Å². The van der Waals surface area contributed by atoms with E-state index >= 15 is 0 Å². The van der Waals surface area contributed by atoms with Crippen molar-refractivity contribution < 1.29 is 4.92 Å². The van der Waals surface area contributed by atoms with Crippen molar-refractivity contribution in [2.24, 2.45) is 0 Å². The van der Waals surface area contributed by atoms with Gasteiger partial charge in [0.05, 0.1) is 11.5 Å². The van der Waals surface area contributed by atoms with Crippen molar-refractivity contribution in [1.29, 1.82) is 0 Å². The number of halogens is 1. The van der Waals surface area contributed by atoms with E-state index in [1.165, 1.54) is 0 Å². The molecule has 0 spiro atoms. The average Bonchev–Trinajstić information content (AvgIpc) is 2.73. The standard InChI is InChI=1S/C12H11BrN2O2S/c1-8-2-3-10(11(6-8)15(16)17)14-7-12-9(13)4-5-18-12/h2-6,14H,7H2,1H3. The molecule has 1 aromatic heterocycles. The molecule has 6 heteroatoms. The molecule has 94 valence electrons. The Morgan fingerprint density at radius 2 is 2.22 bits per heavy atom. The molecule has 0 atom stereocenters. The molecule has 0 aliphatic carbocycles. The third-order valence-corrected chi connectivity index (χ3v) is 4.41. The number of aryl methyl sites for hydroxylation is 1. The minimum absolute atomic E-state index is 0.114. The summed E-state index contributed by atoms with van der Waals surface area (Å²) in [5, 5.41) is 16.0. The SMILES string of the molecule is Cc1ccc(NCc2sccc2Br)c([N+](=O)[O-])c1. The summed E-state index contributed by atoms with van der Waals surface area (Å²) >= 11 is 5.04. The third-order valence-electron chi connectivity index (χ3n) is 2.48. The average molecular weight is 327 g/mol. The highest BCUT2D eigenvalue weighted by molar-refractivity contribution is 9.10. The zero-order valence-electron chi connectivity index (χ0n) is 9.64. The predicted molar refractivity (Wildman–Crippen MR) is 77.2 cm³/mol. The molecule has 1 aromatic carbocycles. The van der Waals surface area contributed by atoms with Crippen LogP contribution >= 0.6 is 27.3 Å². The minimum atomic E-state index is -0.362. The van der Waals surface area contributed by atoms with Crippen molar-refractivity contribution in [3.8, 4) is 0 Å². The molecule has 0 aliphatic heterocycles. The van der Waals surface area contributed by atoms with Gasteiger partial charge in [-0.15, -0.1) is 11.3 Å². The topological polar surface area (TPSA) is 55.2 Å². The van der Waals surface area contributed by atoms with Gasteiger partial charge >= 0.3 is 0 Å². The number of nitrogens with one attached hydrogen (secondary N) is 1. The molecular weight excluding hydrogens is 316 g/mol. The Balaban J connectivity index is 2.19. The number of nitro benzene ring substituents is 1. The summed E-state index contributed by atoms with van der Waals surface area (Å²) in [6.45, 7) is 2.41. The molecule has 0 saturated heterocycles. The van der Waals surface area contributed by atoms with Crippen LogP contribution in [0.15, 0.2) is 34.1 Å². The van der Waals surface area contributed by atoms with E-state index in [9.17, 15) is 10.1 Å². The van der Waals surface area contributed by atoms with Crippen LogP contribution in [0.25, 0.3) is 0 Å². The van der Waals surface area contributed by atoms with Crippen molar-refractivity contribution in [1.82, 2.24) is 0 Å². The van der Waals surface area contributed by atoms with E-state index in [1.54, 1.807) is 23.5 Å². The van der Waals surface area contributed by atoms with Crippen LogP contribution in [-0.2, 0) is 6.54 Å². The minimum Gasteiger partial charge on any atom is -0.375 e. The Bertz CT molecular complexity index is 583. The van der Waals surface area contributed by atoms with E-state index in [0.717, 1.165) is 14.9 Å². The van der Waals surface area contributed by atoms with Crippen molar-refractivity contribution in [2.45, 2.75) is 13.5 Å². The fourth-order valence-electron chi connectivity index (χ4n) is 1.57. The van der Waals surface area contributed by atoms with Gasteiger partial charge in [-0.05, 0) is 45.9 Å². The van der Waals surface area contributed by atoms with Gasteiger partial charge in [0, 0.05) is 15.4 Å². The number of hydrogen-bond acceptors (Lipinski definition) is 4. The molecule has 1 N–H and O–H groups in total. The first-order chi connectivity index (χ1) is 8.58. The summed E-state index contributed by atoms with van der Waals surface area (Å²) in [4.78, 5) is 11.7. The van der Waals surface area contributed by atoms with Crippen LogP contribution in [0.2, 0.25) is 0 Å². The van der Waals surface area contributed by atoms with Gasteiger partial charge in [0.1, 0.15) is 5.69 Å². The fraction of sp³-hybridized carbons (Fsp3) is 0.167. The van der Waals surface area contributed by atoms with Crippen LogP contribution in [-0.4, -0.2) is 4.92 Å². The smallest absolute Gasteiger partial charge is 0.292 e. The number of benzene rings is 1. The molecule has 2 rings (SSSR count). The first-order valence-corrected chi connectivity index (χ1v) is 6.96. The quantitative estimate of drug-likeness (QED) is 0.671. The Labute approximate surface area is 117 Å². The van der Waals surface area contributed by atoms with Gasteiger partial charge in [0.25, 0.3) is 5.69 Å². The van der Waals surface area contributed by atoms with Crippen molar-refractivity contribution in [2.75, 3.05) is 5.32 Å². The van der Waals surface area contributed by atoms with Gasteiger partial charge < -0.3 is 5.32 Å². The second-order valence-electron chi connectivity index (χ2n) is 3.82. The molecule has 0 amide bonds. The number of thiophene rings is 1. The van der Waals surface area contributed by atoms with Gasteiger partial charge in [-0.2, -0.15) is 0 Å². The summed E-state index contributed by atoms with van der Waals surface area (Å²) in [7, 11) is 0. The highest BCUT2D eigenvalue weighted by Gasteiger charge is 2.13. The Hall–Kier alpha value is -1.40. The molecule has 0 unspecified atom stereocenters. The maximum absolute atomic E-state index is 11.0. The van der Waals surface area contributed by atoms with Gasteiger partial charge in [-0.3, -0.25) is 10.1 Å². The molecule has 0 fully saturated rings. The Kier molecular flexibility index (Phi) is 3.98. The van der Waals surface area contributed by atoms with E-state index in [4.69, 9.17) is 0 Å². The monoisotopic (exact) mass is 326 g/mol. The Morgan fingerprint density at radius 1 is 1.44 bits per heavy atom. The van der Waals surface area contributed by atoms with E-state index in [2.05, 4.69) is 21.2 Å². The first-order valence-electron chi connectivity index (χ1n) is 5.28. The summed E-state index contributed by atoms with van der Waals surface area (Å²) < 4.78 is 1.02. The molecule has 1 heterocycles.